The van der Waals surface area contributed by atoms with E-state index in [2.05, 4.69) is 4.98 Å². The molecule has 0 atom stereocenters. The summed E-state index contributed by atoms with van der Waals surface area (Å²) < 4.78 is 1.32. The molecule has 1 amide bonds. The molecule has 0 fully saturated rings. The van der Waals surface area contributed by atoms with Gasteiger partial charge < -0.3 is 4.90 Å². The second-order valence-corrected chi connectivity index (χ2v) is 3.98. The molecule has 0 saturated carbocycles. The van der Waals surface area contributed by atoms with Gasteiger partial charge >= 0.3 is 0 Å². The molecule has 1 heterocycles. The molecule has 1 aromatic carbocycles. The van der Waals surface area contributed by atoms with Gasteiger partial charge in [-0.05, 0) is 12.1 Å². The third-order valence-corrected chi connectivity index (χ3v) is 2.54. The first-order valence-corrected chi connectivity index (χ1v) is 5.24. The summed E-state index contributed by atoms with van der Waals surface area (Å²) in [6.45, 7) is 0.0175. The number of carbonyl (C=O) groups is 1. The summed E-state index contributed by atoms with van der Waals surface area (Å²) in [7, 11) is 3.31. The van der Waals surface area contributed by atoms with E-state index in [1.165, 1.54) is 15.8 Å². The van der Waals surface area contributed by atoms with Crippen LogP contribution in [0.1, 0.15) is 0 Å². The zero-order chi connectivity index (χ0) is 12.4. The number of fused-ring (bicyclic) bond motifs is 1. The van der Waals surface area contributed by atoms with Gasteiger partial charge in [-0.1, -0.05) is 12.1 Å². The Balaban J connectivity index is 2.47. The van der Waals surface area contributed by atoms with Gasteiger partial charge in [-0.2, -0.15) is 0 Å². The summed E-state index contributed by atoms with van der Waals surface area (Å²) in [6, 6.07) is 7.09. The van der Waals surface area contributed by atoms with Crippen LogP contribution in [0.3, 0.4) is 0 Å². The average molecular weight is 231 g/mol. The average Bonchev–Trinajstić information content (AvgIpc) is 2.33. The monoisotopic (exact) mass is 231 g/mol. The molecule has 0 radical (unpaired) electrons. The molecule has 5 nitrogen and oxygen atoms in total. The van der Waals surface area contributed by atoms with Gasteiger partial charge in [0.05, 0.1) is 17.2 Å². The van der Waals surface area contributed by atoms with Crippen LogP contribution in [-0.4, -0.2) is 34.5 Å². The third-order valence-electron chi connectivity index (χ3n) is 2.54. The molecule has 88 valence electrons. The lowest BCUT2D eigenvalue weighted by Gasteiger charge is -2.11. The first kappa shape index (κ1) is 11.3. The fraction of sp³-hybridized carbons (Fsp3) is 0.250. The Morgan fingerprint density at radius 2 is 2.06 bits per heavy atom. The molecule has 0 N–H and O–H groups in total. The van der Waals surface area contributed by atoms with E-state index in [1.807, 2.05) is 6.07 Å². The highest BCUT2D eigenvalue weighted by Crippen LogP contribution is 2.04. The largest absolute Gasteiger partial charge is 0.347 e. The second kappa shape index (κ2) is 4.37. The van der Waals surface area contributed by atoms with E-state index in [9.17, 15) is 9.59 Å². The van der Waals surface area contributed by atoms with Crippen LogP contribution in [-0.2, 0) is 11.3 Å². The first-order chi connectivity index (χ1) is 8.09. The number of benzene rings is 1. The van der Waals surface area contributed by atoms with E-state index in [0.717, 1.165) is 0 Å². The normalized spacial score (nSPS) is 10.5. The van der Waals surface area contributed by atoms with Crippen molar-refractivity contribution in [2.75, 3.05) is 14.1 Å². The summed E-state index contributed by atoms with van der Waals surface area (Å²) in [6.07, 6.45) is 1.41. The van der Waals surface area contributed by atoms with Crippen molar-refractivity contribution in [2.24, 2.45) is 0 Å². The molecule has 0 aliphatic rings. The Hall–Kier alpha value is -2.17. The molecule has 2 rings (SSSR count). The van der Waals surface area contributed by atoms with Crippen molar-refractivity contribution >= 4 is 16.8 Å². The first-order valence-electron chi connectivity index (χ1n) is 5.24. The molecule has 17 heavy (non-hydrogen) atoms. The highest BCUT2D eigenvalue weighted by Gasteiger charge is 2.08. The predicted molar refractivity (Wildman–Crippen MR) is 64.7 cm³/mol. The summed E-state index contributed by atoms with van der Waals surface area (Å²) in [5.74, 6) is -0.135. The van der Waals surface area contributed by atoms with Crippen LogP contribution in [0.4, 0.5) is 0 Å². The number of nitrogens with zero attached hydrogens (tertiary/aromatic N) is 3. The molecule has 0 aliphatic heterocycles. The van der Waals surface area contributed by atoms with Gasteiger partial charge in [0.25, 0.3) is 5.56 Å². The molecule has 5 heteroatoms. The van der Waals surface area contributed by atoms with E-state index in [1.54, 1.807) is 32.3 Å². The molecular formula is C12H13N3O2. The maximum atomic E-state index is 12.0. The van der Waals surface area contributed by atoms with Gasteiger partial charge in [-0.15, -0.1) is 0 Å². The number of hydrogen-bond acceptors (Lipinski definition) is 3. The highest BCUT2D eigenvalue weighted by atomic mass is 16.2. The number of rotatable bonds is 2. The third kappa shape index (κ3) is 2.18. The van der Waals surface area contributed by atoms with Crippen LogP contribution in [0.15, 0.2) is 35.4 Å². The van der Waals surface area contributed by atoms with Gasteiger partial charge in [0, 0.05) is 14.1 Å². The van der Waals surface area contributed by atoms with Gasteiger partial charge in [0.2, 0.25) is 5.91 Å². The minimum atomic E-state index is -0.189. The number of likely N-dealkylation sites (N-methyl/N-ethyl adjacent to an activating group) is 1. The number of carbonyl (C=O) groups excluding carboxylic acids is 1. The van der Waals surface area contributed by atoms with Crippen molar-refractivity contribution in [3.8, 4) is 0 Å². The van der Waals surface area contributed by atoms with Crippen molar-refractivity contribution in [1.29, 1.82) is 0 Å². The van der Waals surface area contributed by atoms with E-state index in [-0.39, 0.29) is 18.0 Å². The molecule has 0 saturated heterocycles. The predicted octanol–water partition coefficient (Wildman–Crippen LogP) is 0.485. The molecule has 0 unspecified atom stereocenters. The summed E-state index contributed by atoms with van der Waals surface area (Å²) in [4.78, 5) is 29.2. The van der Waals surface area contributed by atoms with Gasteiger partial charge in [0.15, 0.2) is 0 Å². The fourth-order valence-electron chi connectivity index (χ4n) is 1.51. The summed E-state index contributed by atoms with van der Waals surface area (Å²) in [5.41, 5.74) is 0.455. The molecule has 0 bridgehead atoms. The lowest BCUT2D eigenvalue weighted by molar-refractivity contribution is -0.129. The standard InChI is InChI=1S/C12H13N3O2/c1-14(2)11(16)7-15-8-13-10-6-4-3-5-9(10)12(15)17/h3-6,8H,7H2,1-2H3. The highest BCUT2D eigenvalue weighted by molar-refractivity contribution is 5.78. The number of hydrogen-bond donors (Lipinski definition) is 0. The molecule has 0 spiro atoms. The molecule has 1 aromatic heterocycles. The summed E-state index contributed by atoms with van der Waals surface area (Å²) >= 11 is 0. The van der Waals surface area contributed by atoms with Gasteiger partial charge in [0.1, 0.15) is 6.54 Å². The van der Waals surface area contributed by atoms with Crippen LogP contribution >= 0.6 is 0 Å². The molecular weight excluding hydrogens is 218 g/mol. The topological polar surface area (TPSA) is 55.2 Å². The Morgan fingerprint density at radius 1 is 1.35 bits per heavy atom. The van der Waals surface area contributed by atoms with Crippen LogP contribution < -0.4 is 5.56 Å². The number of para-hydroxylation sites is 1. The van der Waals surface area contributed by atoms with Crippen LogP contribution in [0.5, 0.6) is 0 Å². The lowest BCUT2D eigenvalue weighted by Crippen LogP contribution is -2.31. The zero-order valence-corrected chi connectivity index (χ0v) is 9.75. The van der Waals surface area contributed by atoms with E-state index >= 15 is 0 Å². The van der Waals surface area contributed by atoms with Crippen molar-refractivity contribution in [2.45, 2.75) is 6.54 Å². The Labute approximate surface area is 98.3 Å². The van der Waals surface area contributed by atoms with E-state index < -0.39 is 0 Å². The van der Waals surface area contributed by atoms with Crippen molar-refractivity contribution in [1.82, 2.24) is 14.5 Å². The number of amides is 1. The summed E-state index contributed by atoms with van der Waals surface area (Å²) in [5, 5.41) is 0.529. The second-order valence-electron chi connectivity index (χ2n) is 3.98. The number of aromatic nitrogens is 2. The van der Waals surface area contributed by atoms with Crippen molar-refractivity contribution in [3.05, 3.63) is 40.9 Å². The van der Waals surface area contributed by atoms with Crippen LogP contribution in [0.25, 0.3) is 10.9 Å². The molecule has 0 aliphatic carbocycles. The molecule has 2 aromatic rings. The lowest BCUT2D eigenvalue weighted by atomic mass is 10.2. The van der Waals surface area contributed by atoms with Crippen molar-refractivity contribution < 1.29 is 4.79 Å². The smallest absolute Gasteiger partial charge is 0.261 e. The minimum absolute atomic E-state index is 0.0175. The minimum Gasteiger partial charge on any atom is -0.347 e. The van der Waals surface area contributed by atoms with Crippen molar-refractivity contribution in [3.63, 3.8) is 0 Å². The van der Waals surface area contributed by atoms with Crippen LogP contribution in [0, 0.1) is 0 Å². The van der Waals surface area contributed by atoms with E-state index in [0.29, 0.717) is 10.9 Å². The van der Waals surface area contributed by atoms with E-state index in [4.69, 9.17) is 0 Å². The Kier molecular flexibility index (Phi) is 2.91. The Bertz CT molecular complexity index is 616. The maximum absolute atomic E-state index is 12.0. The fourth-order valence-corrected chi connectivity index (χ4v) is 1.51. The van der Waals surface area contributed by atoms with Gasteiger partial charge in [-0.25, -0.2) is 4.98 Å². The maximum Gasteiger partial charge on any atom is 0.261 e. The Morgan fingerprint density at radius 3 is 2.76 bits per heavy atom. The van der Waals surface area contributed by atoms with Gasteiger partial charge in [-0.3, -0.25) is 14.2 Å². The zero-order valence-electron chi connectivity index (χ0n) is 9.75. The quantitative estimate of drug-likeness (QED) is 0.755. The van der Waals surface area contributed by atoms with Crippen LogP contribution in [0.2, 0.25) is 0 Å². The SMILES string of the molecule is CN(C)C(=O)Cn1cnc2ccccc2c1=O.